The Labute approximate surface area is 808 Å². The molecule has 0 bridgehead atoms. The van der Waals surface area contributed by atoms with Crippen molar-refractivity contribution < 1.29 is 42.7 Å². The minimum atomic E-state index is -0.744. The summed E-state index contributed by atoms with van der Waals surface area (Å²) in [6.07, 6.45) is 8.15. The minimum Gasteiger partial charge on any atom is -0.396 e. The summed E-state index contributed by atoms with van der Waals surface area (Å²) < 4.78 is 28.9. The molecule has 1 unspecified atom stereocenters. The van der Waals surface area contributed by atoms with Crippen molar-refractivity contribution in [2.75, 3.05) is 77.8 Å². The number of benzene rings is 5. The Balaban J connectivity index is 0.000000129. The van der Waals surface area contributed by atoms with Crippen LogP contribution in [0.4, 0.5) is 71.7 Å². The average Bonchev–Trinajstić information content (AvgIpc) is 1.59. The number of rotatable bonds is 12. The van der Waals surface area contributed by atoms with Crippen LogP contribution in [0.2, 0.25) is 20.2 Å². The predicted octanol–water partition coefficient (Wildman–Crippen LogP) is 20.4. The third-order valence-electron chi connectivity index (χ3n) is 23.6. The van der Waals surface area contributed by atoms with Crippen molar-refractivity contribution >= 4 is 165 Å². The summed E-state index contributed by atoms with van der Waals surface area (Å²) >= 11 is 29.9. The first-order valence-electron chi connectivity index (χ1n) is 43.3. The molecule has 13 heterocycles. The second-order valence-corrected chi connectivity index (χ2v) is 37.0. The molecule has 7 aliphatic rings. The number of hydrogen-bond acceptors (Lipinski definition) is 14. The monoisotopic (exact) mass is 2030 g/mol. The van der Waals surface area contributed by atoms with Gasteiger partial charge in [0.25, 0.3) is 0 Å². The van der Waals surface area contributed by atoms with Crippen molar-refractivity contribution in [2.24, 2.45) is 0 Å². The number of hydrogen-bond donors (Lipinski definition) is 13. The molecule has 12 aromatic rings. The lowest BCUT2D eigenvalue weighted by Gasteiger charge is -2.28. The minimum absolute atomic E-state index is 0.00751. The molecular formula is C94H101Br2Cl4F2N25O7. The van der Waals surface area contributed by atoms with E-state index in [1.807, 2.05) is 86.9 Å². The van der Waals surface area contributed by atoms with Crippen LogP contribution in [-0.2, 0) is 83.2 Å². The van der Waals surface area contributed by atoms with E-state index in [0.717, 1.165) is 149 Å². The van der Waals surface area contributed by atoms with Crippen LogP contribution in [0.5, 0.6) is 0 Å². The number of aryl methyl sites for hydroxylation is 1. The smallest absolute Gasteiger partial charge is 0.322 e. The van der Waals surface area contributed by atoms with Crippen LogP contribution in [0.1, 0.15) is 155 Å². The van der Waals surface area contributed by atoms with Gasteiger partial charge in [-0.05, 0) is 180 Å². The van der Waals surface area contributed by atoms with Gasteiger partial charge in [-0.25, -0.2) is 42.5 Å². The van der Waals surface area contributed by atoms with Crippen molar-refractivity contribution in [3.05, 3.63) is 290 Å². The Hall–Kier alpha value is -12.7. The third kappa shape index (κ3) is 23.9. The fraction of sp³-hybridized carbons (Fsp3) is 0.309. The molecule has 13 N–H and O–H groups in total. The molecule has 12 amide bonds. The number of halogens is 8. The summed E-state index contributed by atoms with van der Waals surface area (Å²) in [5.41, 5.74) is 24.2. The Bertz CT molecular complexity index is 6270. The van der Waals surface area contributed by atoms with Crippen LogP contribution in [0.3, 0.4) is 0 Å². The number of fused-ring (bicyclic) bond motifs is 6. The van der Waals surface area contributed by atoms with E-state index in [4.69, 9.17) is 46.4 Å². The largest absolute Gasteiger partial charge is 0.396 e. The topological polar surface area (TPSA) is 399 Å². The van der Waals surface area contributed by atoms with Crippen LogP contribution in [0, 0.1) is 18.6 Å². The highest BCUT2D eigenvalue weighted by molar-refractivity contribution is 9.10. The molecule has 32 nitrogen and oxygen atoms in total. The zero-order valence-corrected chi connectivity index (χ0v) is 80.6. The lowest BCUT2D eigenvalue weighted by molar-refractivity contribution is 0.205. The first-order valence-corrected chi connectivity index (χ1v) is 46.4. The quantitative estimate of drug-likeness (QED) is 0.0506. The second-order valence-electron chi connectivity index (χ2n) is 33.7. The van der Waals surface area contributed by atoms with Gasteiger partial charge in [-0.1, -0.05) is 116 Å². The number of aliphatic hydroxyl groups is 1. The Morgan fingerprint density at radius 2 is 0.776 bits per heavy atom. The molecular weight excluding hydrogens is 1930 g/mol. The molecule has 0 saturated heterocycles. The molecule has 7 aromatic heterocycles. The van der Waals surface area contributed by atoms with E-state index < -0.39 is 17.7 Å². The summed E-state index contributed by atoms with van der Waals surface area (Å²) in [4.78, 5) is 88.5. The highest BCUT2D eigenvalue weighted by Crippen LogP contribution is 2.49. The van der Waals surface area contributed by atoms with Gasteiger partial charge in [0.05, 0.1) is 90.2 Å². The maximum absolute atomic E-state index is 14.0. The maximum atomic E-state index is 14.0. The number of nitrogens with one attached hydrogen (secondary N) is 12. The fourth-order valence-electron chi connectivity index (χ4n) is 16.0. The SMILES string of the molecule is C=C(C)c1n[nH]c2c1CN(C(=O)Nc1cccc(Br)c1F)CC2.C=C(C)c1n[nH]c2c1CN(C(=O)Nc1cccc(C)c1)CC2.C=C(C)c1n[nH]c2c1CN(C(=O)Nc1ccnc(Cl)c1F)CC2.CC(CO)c1n[nH]c2c1CN(C(=O)Nc1cccc(Cl)c1)CC2.CC1(c2n[nH]c3c2CN(C(=O)Nc2cccc(Cl)c2)CC3)CC1.O=C(Nc1cccc(Cl)c1)N1CCc2[nH]nc(Br)c2C1. The van der Waals surface area contributed by atoms with E-state index in [2.05, 4.69) is 157 Å². The van der Waals surface area contributed by atoms with Crippen molar-refractivity contribution in [1.29, 1.82) is 0 Å². The number of carbonyl (C=O) groups excluding carboxylic acids is 6. The lowest BCUT2D eigenvalue weighted by Crippen LogP contribution is -2.39. The first-order chi connectivity index (χ1) is 64.2. The predicted molar refractivity (Wildman–Crippen MR) is 523 cm³/mol. The van der Waals surface area contributed by atoms with Crippen LogP contribution in [-0.4, -0.2) is 183 Å². The number of urea groups is 6. The molecule has 0 spiro atoms. The zero-order valence-electron chi connectivity index (χ0n) is 74.4. The van der Waals surface area contributed by atoms with Crippen molar-refractivity contribution in [2.45, 2.75) is 144 Å². The van der Waals surface area contributed by atoms with E-state index in [1.54, 1.807) is 86.3 Å². The molecule has 1 aliphatic carbocycles. The number of allylic oxidation sites excluding steroid dienone is 3. The summed E-state index contributed by atoms with van der Waals surface area (Å²) in [7, 11) is 0. The number of aliphatic hydroxyl groups excluding tert-OH is 1. The number of aromatic amines is 6. The number of carbonyl (C=O) groups is 6. The van der Waals surface area contributed by atoms with Gasteiger partial charge in [0.15, 0.2) is 16.8 Å². The molecule has 1 saturated carbocycles. The van der Waals surface area contributed by atoms with Crippen LogP contribution in [0.25, 0.3) is 16.7 Å². The van der Waals surface area contributed by atoms with Gasteiger partial charge in [0.2, 0.25) is 0 Å². The normalized spacial score (nSPS) is 14.8. The number of aromatic nitrogens is 13. The average molecular weight is 2030 g/mol. The number of pyridine rings is 1. The third-order valence-corrected chi connectivity index (χ3v) is 25.8. The van der Waals surface area contributed by atoms with Crippen molar-refractivity contribution in [3.8, 4) is 0 Å². The highest BCUT2D eigenvalue weighted by Gasteiger charge is 2.45. The van der Waals surface area contributed by atoms with Gasteiger partial charge in [0.1, 0.15) is 4.60 Å². The van der Waals surface area contributed by atoms with E-state index in [1.165, 1.54) is 42.4 Å². The van der Waals surface area contributed by atoms with Gasteiger partial charge in [-0.3, -0.25) is 30.6 Å². The number of H-pyrrole nitrogens is 6. The van der Waals surface area contributed by atoms with Gasteiger partial charge >= 0.3 is 36.2 Å². The molecule has 0 radical (unpaired) electrons. The molecule has 700 valence electrons. The maximum Gasteiger partial charge on any atom is 0.322 e. The highest BCUT2D eigenvalue weighted by atomic mass is 79.9. The van der Waals surface area contributed by atoms with E-state index in [-0.39, 0.29) is 64.6 Å². The Morgan fingerprint density at radius 3 is 1.18 bits per heavy atom. The Kier molecular flexibility index (Phi) is 31.6. The van der Waals surface area contributed by atoms with Gasteiger partial charge in [-0.2, -0.15) is 30.6 Å². The summed E-state index contributed by atoms with van der Waals surface area (Å²) in [5, 5.41) is 71.5. The summed E-state index contributed by atoms with van der Waals surface area (Å²) in [5.74, 6) is -1.28. The molecule has 1 atom stereocenters. The summed E-state index contributed by atoms with van der Waals surface area (Å²) in [6, 6.07) is 34.2. The number of nitrogens with zero attached hydrogens (tertiary/aromatic N) is 13. The Morgan fingerprint density at radius 1 is 0.440 bits per heavy atom. The molecule has 40 heteroatoms. The number of amides is 12. The zero-order chi connectivity index (χ0) is 95.3. The molecule has 19 rings (SSSR count). The van der Waals surface area contributed by atoms with Crippen molar-refractivity contribution in [3.63, 3.8) is 0 Å². The van der Waals surface area contributed by atoms with E-state index >= 15 is 0 Å². The van der Waals surface area contributed by atoms with E-state index in [0.29, 0.717) is 122 Å². The second kappa shape index (κ2) is 43.5. The van der Waals surface area contributed by atoms with Crippen LogP contribution < -0.4 is 31.9 Å². The van der Waals surface area contributed by atoms with Crippen LogP contribution in [0.15, 0.2) is 156 Å². The molecule has 5 aromatic carbocycles. The standard InChI is InChI=1S/C17H19ClN4O.C17H20N4O.C16H16BrFN4O.C16H19ClN4O2.C15H15ClFN5O.C13H12BrClN4O/c1-17(6-7-17)15-13-10-22(8-5-14(13)20-21-15)16(23)19-12-4-2-3-11(18)9-12;1-11(2)16-14-10-21(8-7-15(14)19-20-16)17(22)18-13-6-4-5-12(3)9-13;1-9(2)15-10-8-22(7-6-12(10)20-21-15)16(23)19-13-5-3-4-11(17)14(13)18;1-10(9-22)15-13-8-21(6-5-14(13)19-20-15)16(23)18-12-4-2-3-11(17)7-12;1-8(2)13-9-7-22(6-4-10(9)20-21-13)15(23)19-11-3-5-18-14(16)12(11)17;14-12-10-7-19(5-4-11(10)17-18-12)13(20)16-9-3-1-2-8(15)6-9/h2-4,9H,5-8,10H2,1H3,(H,19,23)(H,20,21);4-6,9H,1,7-8,10H2,2-3H3,(H,18,22)(H,19,20);3-5H,1,6-8H2,2H3,(H,19,23)(H,20,21);2-4,7,10,22H,5-6,8-9H2,1H3,(H,18,23)(H,19,20);3,5H,1,4,6-7H2,2H3,(H,20,21)(H,18,19,23);1-3,6H,4-5,7H2,(H,16,20)(H,17,18). The molecule has 1 fully saturated rings. The molecule has 134 heavy (non-hydrogen) atoms. The van der Waals surface area contributed by atoms with Gasteiger partial charge in [0, 0.05) is 201 Å². The number of anilines is 6. The lowest BCUT2D eigenvalue weighted by atomic mass is 9.96. The van der Waals surface area contributed by atoms with Gasteiger partial charge in [-0.15, -0.1) is 0 Å². The van der Waals surface area contributed by atoms with Crippen molar-refractivity contribution in [1.82, 2.24) is 95.6 Å². The van der Waals surface area contributed by atoms with Crippen LogP contribution >= 0.6 is 78.3 Å². The first kappa shape index (κ1) is 97.3. The fourth-order valence-corrected chi connectivity index (χ4v) is 17.6. The summed E-state index contributed by atoms with van der Waals surface area (Å²) in [6.45, 7) is 30.4. The molecule has 6 aliphatic heterocycles. The van der Waals surface area contributed by atoms with E-state index in [9.17, 15) is 42.7 Å². The van der Waals surface area contributed by atoms with Gasteiger partial charge < -0.3 is 66.4 Å².